The van der Waals surface area contributed by atoms with Gasteiger partial charge in [0, 0.05) is 11.4 Å². The zero-order chi connectivity index (χ0) is 51.2. The van der Waals surface area contributed by atoms with Crippen molar-refractivity contribution in [1.29, 1.82) is 0 Å². The van der Waals surface area contributed by atoms with Crippen LogP contribution in [0.15, 0.2) is 301 Å². The third-order valence-electron chi connectivity index (χ3n) is 18.0. The second-order valence-electron chi connectivity index (χ2n) is 21.4. The van der Waals surface area contributed by atoms with E-state index in [0.29, 0.717) is 0 Å². The predicted octanol–water partition coefficient (Wildman–Crippen LogP) is 15.8. The highest BCUT2D eigenvalue weighted by Crippen LogP contribution is 2.65. The molecule has 2 nitrogen and oxygen atoms in total. The topological polar surface area (TPSA) is 6.48 Å². The number of anilines is 6. The van der Waals surface area contributed by atoms with Gasteiger partial charge in [0.1, 0.15) is 0 Å². The molecule has 4 heteroatoms. The first-order chi connectivity index (χ1) is 38.7. The molecular weight excluding hydrogens is 977 g/mol. The number of rotatable bonds is 4. The molecule has 17 rings (SSSR count). The Morgan fingerprint density at radius 3 is 0.846 bits per heavy atom. The summed E-state index contributed by atoms with van der Waals surface area (Å²) < 4.78 is 0. The Morgan fingerprint density at radius 2 is 0.526 bits per heavy atom. The lowest BCUT2D eigenvalue weighted by Crippen LogP contribution is -2.76. The molecule has 0 aromatic heterocycles. The second-order valence-corrected chi connectivity index (χ2v) is 26.2. The Hall–Kier alpha value is -9.19. The van der Waals surface area contributed by atoms with Crippen molar-refractivity contribution in [1.82, 2.24) is 0 Å². The lowest BCUT2D eigenvalue weighted by atomic mass is 9.64. The quantitative estimate of drug-likeness (QED) is 0.162. The Morgan fingerprint density at radius 1 is 0.256 bits per heavy atom. The van der Waals surface area contributed by atoms with E-state index >= 15 is 0 Å². The van der Waals surface area contributed by atoms with Crippen molar-refractivity contribution in [2.45, 2.75) is 20.6 Å². The summed E-state index contributed by atoms with van der Waals surface area (Å²) in [5.41, 5.74) is 21.9. The van der Waals surface area contributed by atoms with Crippen LogP contribution >= 0.6 is 11.8 Å². The van der Waals surface area contributed by atoms with Gasteiger partial charge in [-0.3, -0.25) is 0 Å². The normalized spacial score (nSPS) is 15.4. The van der Waals surface area contributed by atoms with Crippen LogP contribution in [0.25, 0.3) is 22.3 Å². The van der Waals surface area contributed by atoms with Crippen LogP contribution in [0.3, 0.4) is 0 Å². The van der Waals surface area contributed by atoms with Gasteiger partial charge in [0.15, 0.2) is 0 Å². The van der Waals surface area contributed by atoms with E-state index < -0.39 is 18.9 Å². The van der Waals surface area contributed by atoms with Gasteiger partial charge in [0.25, 0.3) is 0 Å². The van der Waals surface area contributed by atoms with Crippen molar-refractivity contribution in [3.05, 3.63) is 336 Å². The summed E-state index contributed by atoms with van der Waals surface area (Å²) in [5, 5.41) is 5.58. The smallest absolute Gasteiger partial charge is 0.0754 e. The van der Waals surface area contributed by atoms with Gasteiger partial charge in [-0.25, -0.2) is 0 Å². The molecule has 5 aliphatic rings. The van der Waals surface area contributed by atoms with Gasteiger partial charge in [-0.05, 0) is 133 Å². The molecule has 12 aromatic rings. The van der Waals surface area contributed by atoms with Crippen LogP contribution in [0.5, 0.6) is 0 Å². The zero-order valence-electron chi connectivity index (χ0n) is 42.5. The largest absolute Gasteiger partial charge is 0.310 e. The van der Waals surface area contributed by atoms with Crippen molar-refractivity contribution in [3.8, 4) is 22.3 Å². The minimum absolute atomic E-state index is 0.478. The first-order valence-corrected chi connectivity index (χ1v) is 30.0. The van der Waals surface area contributed by atoms with Crippen molar-refractivity contribution < 1.29 is 0 Å². The fraction of sp³-hybridized carbons (Fsp3) is 0.0270. The van der Waals surface area contributed by atoms with Crippen molar-refractivity contribution >= 4 is 74.7 Å². The van der Waals surface area contributed by atoms with E-state index in [1.165, 1.54) is 120 Å². The van der Waals surface area contributed by atoms with Crippen molar-refractivity contribution in [2.24, 2.45) is 0 Å². The number of nitrogens with zero attached hydrogens (tertiary/aromatic N) is 2. The average Bonchev–Trinajstić information content (AvgIpc) is 3.98. The van der Waals surface area contributed by atoms with E-state index in [-0.39, 0.29) is 0 Å². The molecule has 0 saturated heterocycles. The highest BCUT2D eigenvalue weighted by Gasteiger charge is 2.53. The van der Waals surface area contributed by atoms with Gasteiger partial charge < -0.3 is 9.80 Å². The molecule has 2 spiro atoms. The third-order valence-corrected chi connectivity index (χ3v) is 24.4. The number of hydrogen-bond acceptors (Lipinski definition) is 3. The van der Waals surface area contributed by atoms with E-state index in [1.807, 2.05) is 11.8 Å². The molecule has 365 valence electrons. The summed E-state index contributed by atoms with van der Waals surface area (Å²) >= 11 is 1.94. The van der Waals surface area contributed by atoms with Crippen LogP contribution in [0.1, 0.15) is 44.5 Å². The maximum Gasteiger partial charge on any atom is 0.0754 e. The first kappa shape index (κ1) is 44.0. The van der Waals surface area contributed by atoms with Gasteiger partial charge >= 0.3 is 0 Å². The standard InChI is InChI=1S/C74H48N2SSi/c1-3-23-51(24-4-1)78(52-25-5-2-6-26-52)71-45-43-49(75-65-39-19-15-35-61(65)73(62-36-16-20-40-66(62)75)57-31-11-7-27-53(57)54-28-8-12-32-58(54)73)47-69(71)77-70-48-50(44-46-72(70)78)76-67-41-21-17-37-63(67)74(64-38-18-22-42-68(64)76)59-33-13-9-29-55(59)56-30-10-14-34-60(56)74/h1-48H/q-1. The Labute approximate surface area is 460 Å². The molecule has 0 amide bonds. The van der Waals surface area contributed by atoms with Gasteiger partial charge in [-0.2, -0.15) is 20.7 Å². The second kappa shape index (κ2) is 16.4. The summed E-state index contributed by atoms with van der Waals surface area (Å²) in [4.78, 5) is 7.69. The minimum Gasteiger partial charge on any atom is -0.310 e. The van der Waals surface area contributed by atoms with Crippen LogP contribution < -0.4 is 30.5 Å². The van der Waals surface area contributed by atoms with E-state index in [2.05, 4.69) is 301 Å². The summed E-state index contributed by atoms with van der Waals surface area (Å²) in [5.74, 6) is 0. The molecule has 3 heterocycles. The van der Waals surface area contributed by atoms with E-state index in [9.17, 15) is 0 Å². The molecule has 2 aliphatic carbocycles. The van der Waals surface area contributed by atoms with Gasteiger partial charge in [-0.1, -0.05) is 254 Å². The molecule has 0 radical (unpaired) electrons. The molecule has 3 aliphatic heterocycles. The fourth-order valence-corrected chi connectivity index (χ4v) is 22.2. The summed E-state index contributed by atoms with van der Waals surface area (Å²) in [7, 11) is -2.98. The van der Waals surface area contributed by atoms with Crippen LogP contribution in [0, 0.1) is 0 Å². The van der Waals surface area contributed by atoms with Crippen molar-refractivity contribution in [2.75, 3.05) is 9.80 Å². The highest BCUT2D eigenvalue weighted by molar-refractivity contribution is 8.00. The van der Waals surface area contributed by atoms with Crippen LogP contribution in [-0.4, -0.2) is 8.07 Å². The number of para-hydroxylation sites is 4. The number of hydrogen-bond donors (Lipinski definition) is 0. The maximum atomic E-state index is 2.55. The number of fused-ring (bicyclic) bond motifs is 20. The zero-order valence-corrected chi connectivity index (χ0v) is 44.3. The monoisotopic (exact) mass is 1020 g/mol. The number of benzene rings is 12. The molecular formula is C74H48N2SSi-. The van der Waals surface area contributed by atoms with Gasteiger partial charge in [0.05, 0.1) is 33.6 Å². The molecule has 78 heavy (non-hydrogen) atoms. The van der Waals surface area contributed by atoms with E-state index in [4.69, 9.17) is 0 Å². The molecule has 12 aromatic carbocycles. The molecule has 0 N–H and O–H groups in total. The van der Waals surface area contributed by atoms with Crippen LogP contribution in [0.4, 0.5) is 34.1 Å². The SMILES string of the molecule is c1ccc([Si-]2(c3ccccc3)c3ccc(N4c5ccccc5C5(c6ccccc6-c6ccccc65)c5ccccc54)cc3Sc3cc(N4c5ccccc5C5(c6ccccc6-c6ccccc65)c5ccccc54)ccc32)cc1. The van der Waals surface area contributed by atoms with Gasteiger partial charge in [0.2, 0.25) is 0 Å². The van der Waals surface area contributed by atoms with E-state index in [1.54, 1.807) is 0 Å². The molecule has 0 unspecified atom stereocenters. The molecule has 0 saturated carbocycles. The fourth-order valence-electron chi connectivity index (χ4n) is 15.2. The Balaban J connectivity index is 0.887. The Bertz CT molecular complexity index is 3990. The Kier molecular flexibility index (Phi) is 9.25. The maximum absolute atomic E-state index is 2.98. The molecule has 0 bridgehead atoms. The van der Waals surface area contributed by atoms with E-state index in [0.717, 1.165) is 11.4 Å². The summed E-state index contributed by atoms with van der Waals surface area (Å²) in [6.07, 6.45) is 0. The average molecular weight is 1030 g/mol. The van der Waals surface area contributed by atoms with Crippen LogP contribution in [-0.2, 0) is 10.8 Å². The first-order valence-electron chi connectivity index (χ1n) is 27.2. The van der Waals surface area contributed by atoms with Gasteiger partial charge in [-0.15, -0.1) is 0 Å². The van der Waals surface area contributed by atoms with Crippen LogP contribution in [0.2, 0.25) is 0 Å². The minimum atomic E-state index is -2.98. The lowest BCUT2D eigenvalue weighted by molar-refractivity contribution is 0.752. The predicted molar refractivity (Wildman–Crippen MR) is 325 cm³/mol. The summed E-state index contributed by atoms with van der Waals surface area (Å²) in [6.45, 7) is 0. The molecule has 0 fully saturated rings. The lowest BCUT2D eigenvalue weighted by Gasteiger charge is -2.52. The summed E-state index contributed by atoms with van der Waals surface area (Å²) in [6, 6.07) is 111. The molecule has 0 atom stereocenters. The van der Waals surface area contributed by atoms with Crippen molar-refractivity contribution in [3.63, 3.8) is 0 Å². The highest BCUT2D eigenvalue weighted by atomic mass is 32.2. The third kappa shape index (κ3) is 5.53.